The topological polar surface area (TPSA) is 88.1 Å². The first-order valence-corrected chi connectivity index (χ1v) is 11.3. The van der Waals surface area contributed by atoms with Gasteiger partial charge >= 0.3 is 5.97 Å². The molecule has 0 radical (unpaired) electrons. The monoisotopic (exact) mass is 480 g/mol. The van der Waals surface area contributed by atoms with E-state index in [1.165, 1.54) is 32.2 Å². The number of rotatable bonds is 7. The van der Waals surface area contributed by atoms with Crippen LogP contribution in [0.5, 0.6) is 0 Å². The summed E-state index contributed by atoms with van der Waals surface area (Å²) < 4.78 is 24.3. The number of ether oxygens (including phenoxy) is 2. The number of methoxy groups -OCH3 is 1. The summed E-state index contributed by atoms with van der Waals surface area (Å²) in [6, 6.07) is 12.7. The summed E-state index contributed by atoms with van der Waals surface area (Å²) in [6.07, 6.45) is 0.253. The molecule has 0 aliphatic carbocycles. The smallest absolute Gasteiger partial charge is 0.331 e. The second kappa shape index (κ2) is 12.8. The van der Waals surface area contributed by atoms with E-state index in [4.69, 9.17) is 4.74 Å². The third-order valence-corrected chi connectivity index (χ3v) is 5.48. The van der Waals surface area contributed by atoms with Crippen molar-refractivity contribution >= 4 is 18.0 Å². The van der Waals surface area contributed by atoms with Gasteiger partial charge in [-0.25, -0.2) is 4.79 Å². The van der Waals surface area contributed by atoms with Gasteiger partial charge in [-0.1, -0.05) is 30.2 Å². The number of hydrogen-bond donors (Lipinski definition) is 2. The molecule has 3 rings (SSSR count). The van der Waals surface area contributed by atoms with Crippen LogP contribution in [0.2, 0.25) is 0 Å². The van der Waals surface area contributed by atoms with Crippen molar-refractivity contribution in [1.29, 1.82) is 0 Å². The molecule has 8 heteroatoms. The molecule has 35 heavy (non-hydrogen) atoms. The lowest BCUT2D eigenvalue weighted by Gasteiger charge is -2.26. The second-order valence-electron chi connectivity index (χ2n) is 8.16. The van der Waals surface area contributed by atoms with E-state index in [0.29, 0.717) is 11.1 Å². The Balaban J connectivity index is 1.58. The highest BCUT2D eigenvalue weighted by Gasteiger charge is 2.26. The number of halogens is 1. The maximum atomic E-state index is 14.3. The Labute approximate surface area is 204 Å². The van der Waals surface area contributed by atoms with E-state index in [1.54, 1.807) is 12.1 Å². The lowest BCUT2D eigenvalue weighted by Crippen LogP contribution is -2.48. The fourth-order valence-corrected chi connectivity index (χ4v) is 3.48. The van der Waals surface area contributed by atoms with E-state index in [2.05, 4.69) is 26.8 Å². The molecular weight excluding hydrogens is 451 g/mol. The molecular formula is C27H29FN2O5. The lowest BCUT2D eigenvalue weighted by atomic mass is 10.1. The van der Waals surface area contributed by atoms with E-state index >= 15 is 0 Å². The molecule has 7 nitrogen and oxygen atoms in total. The molecule has 184 valence electrons. The van der Waals surface area contributed by atoms with Crippen molar-refractivity contribution in [2.24, 2.45) is 0 Å². The second-order valence-corrected chi connectivity index (χ2v) is 8.16. The van der Waals surface area contributed by atoms with Gasteiger partial charge in [-0.2, -0.15) is 4.39 Å². The van der Waals surface area contributed by atoms with E-state index in [-0.39, 0.29) is 5.56 Å². The van der Waals surface area contributed by atoms with Crippen LogP contribution in [0.3, 0.4) is 0 Å². The van der Waals surface area contributed by atoms with Crippen LogP contribution < -0.4 is 5.32 Å². The predicted molar refractivity (Wildman–Crippen MR) is 130 cm³/mol. The molecule has 1 aliphatic rings. The first-order valence-electron chi connectivity index (χ1n) is 11.3. The van der Waals surface area contributed by atoms with Crippen LogP contribution in [0.15, 0.2) is 54.4 Å². The van der Waals surface area contributed by atoms with Gasteiger partial charge in [0.1, 0.15) is 0 Å². The third kappa shape index (κ3) is 8.04. The van der Waals surface area contributed by atoms with Crippen molar-refractivity contribution in [1.82, 2.24) is 10.2 Å². The SMILES string of the molecule is COC(=O)[C@@H](NC(=O)c1ccc(C#C/C(F)=C/c2ccc(CN3CCOCC3)cc2)cc1)[C@@H](C)O. The lowest BCUT2D eigenvalue weighted by molar-refractivity contribution is -0.145. The highest BCUT2D eigenvalue weighted by molar-refractivity contribution is 5.97. The van der Waals surface area contributed by atoms with E-state index in [9.17, 15) is 19.1 Å². The fourth-order valence-electron chi connectivity index (χ4n) is 3.48. The van der Waals surface area contributed by atoms with Crippen molar-refractivity contribution in [3.8, 4) is 11.8 Å². The first kappa shape index (κ1) is 26.1. The zero-order valence-electron chi connectivity index (χ0n) is 19.8. The van der Waals surface area contributed by atoms with Gasteiger partial charge in [-0.05, 0) is 54.3 Å². The number of nitrogens with one attached hydrogen (secondary N) is 1. The number of aliphatic hydroxyl groups is 1. The van der Waals surface area contributed by atoms with Gasteiger partial charge < -0.3 is 19.9 Å². The van der Waals surface area contributed by atoms with Gasteiger partial charge in [0.2, 0.25) is 0 Å². The molecule has 1 saturated heterocycles. The number of amides is 1. The summed E-state index contributed by atoms with van der Waals surface area (Å²) in [7, 11) is 1.17. The Morgan fingerprint density at radius 2 is 1.83 bits per heavy atom. The zero-order valence-corrected chi connectivity index (χ0v) is 19.8. The van der Waals surface area contributed by atoms with Crippen LogP contribution in [-0.4, -0.2) is 67.4 Å². The highest BCUT2D eigenvalue weighted by Crippen LogP contribution is 2.13. The molecule has 1 heterocycles. The summed E-state index contributed by atoms with van der Waals surface area (Å²) >= 11 is 0. The fraction of sp³-hybridized carbons (Fsp3) is 0.333. The van der Waals surface area contributed by atoms with Crippen LogP contribution in [0.25, 0.3) is 6.08 Å². The summed E-state index contributed by atoms with van der Waals surface area (Å²) in [4.78, 5) is 26.4. The van der Waals surface area contributed by atoms with Crippen LogP contribution >= 0.6 is 0 Å². The molecule has 0 bridgehead atoms. The largest absolute Gasteiger partial charge is 0.467 e. The number of benzene rings is 2. The average molecular weight is 481 g/mol. The van der Waals surface area contributed by atoms with Gasteiger partial charge in [0, 0.05) is 30.8 Å². The Kier molecular flexibility index (Phi) is 9.56. The molecule has 1 aliphatic heterocycles. The molecule has 2 aromatic carbocycles. The molecule has 0 saturated carbocycles. The number of nitrogens with zero attached hydrogens (tertiary/aromatic N) is 1. The van der Waals surface area contributed by atoms with E-state index < -0.39 is 29.8 Å². The van der Waals surface area contributed by atoms with E-state index in [0.717, 1.165) is 38.4 Å². The molecule has 1 fully saturated rings. The van der Waals surface area contributed by atoms with E-state index in [1.807, 2.05) is 24.3 Å². The van der Waals surface area contributed by atoms with Crippen LogP contribution in [0.1, 0.15) is 34.0 Å². The molecule has 2 aromatic rings. The molecule has 1 amide bonds. The Bertz CT molecular complexity index is 1100. The van der Waals surface area contributed by atoms with Gasteiger partial charge in [0.15, 0.2) is 11.9 Å². The summed E-state index contributed by atoms with van der Waals surface area (Å²) in [6.45, 7) is 5.54. The summed E-state index contributed by atoms with van der Waals surface area (Å²) in [5.74, 6) is 3.32. The number of aliphatic hydroxyl groups excluding tert-OH is 1. The number of carbonyl (C=O) groups excluding carboxylic acids is 2. The maximum Gasteiger partial charge on any atom is 0.331 e. The minimum atomic E-state index is -1.18. The molecule has 2 N–H and O–H groups in total. The summed E-state index contributed by atoms with van der Waals surface area (Å²) in [5.41, 5.74) is 2.66. The van der Waals surface area contributed by atoms with Crippen molar-refractivity contribution in [2.75, 3.05) is 33.4 Å². The third-order valence-electron chi connectivity index (χ3n) is 5.48. The van der Waals surface area contributed by atoms with Gasteiger partial charge in [-0.3, -0.25) is 9.69 Å². The minimum Gasteiger partial charge on any atom is -0.467 e. The number of morpholine rings is 1. The number of hydrogen-bond acceptors (Lipinski definition) is 6. The normalized spacial score (nSPS) is 15.9. The average Bonchev–Trinajstić information content (AvgIpc) is 2.87. The van der Waals surface area contributed by atoms with Crippen LogP contribution in [-0.2, 0) is 20.8 Å². The van der Waals surface area contributed by atoms with Crippen LogP contribution in [0, 0.1) is 11.8 Å². The predicted octanol–water partition coefficient (Wildman–Crippen LogP) is 2.53. The van der Waals surface area contributed by atoms with Crippen LogP contribution in [0.4, 0.5) is 4.39 Å². The van der Waals surface area contributed by atoms with Crippen molar-refractivity contribution in [3.05, 3.63) is 76.6 Å². The Morgan fingerprint density at radius 1 is 1.17 bits per heavy atom. The van der Waals surface area contributed by atoms with Crippen molar-refractivity contribution in [2.45, 2.75) is 25.6 Å². The van der Waals surface area contributed by atoms with Crippen molar-refractivity contribution < 1.29 is 28.6 Å². The maximum absolute atomic E-state index is 14.3. The highest BCUT2D eigenvalue weighted by atomic mass is 19.1. The molecule has 0 unspecified atom stereocenters. The number of esters is 1. The quantitative estimate of drug-likeness (QED) is 0.468. The molecule has 0 spiro atoms. The van der Waals surface area contributed by atoms with Gasteiger partial charge in [0.05, 0.1) is 26.4 Å². The Hall–Kier alpha value is -3.51. The number of allylic oxidation sites excluding steroid dienone is 1. The summed E-state index contributed by atoms with van der Waals surface area (Å²) in [5, 5.41) is 12.1. The van der Waals surface area contributed by atoms with Gasteiger partial charge in [-0.15, -0.1) is 0 Å². The molecule has 0 aromatic heterocycles. The van der Waals surface area contributed by atoms with Crippen molar-refractivity contribution in [3.63, 3.8) is 0 Å². The van der Waals surface area contributed by atoms with Gasteiger partial charge in [0.25, 0.3) is 5.91 Å². The standard InChI is InChI=1S/C27H29FN2O5/c1-19(31)25(27(33)34-2)29-26(32)23-10-7-20(8-11-23)9-12-24(28)17-21-3-5-22(6-4-21)18-30-13-15-35-16-14-30/h3-8,10-11,17,19,25,31H,13-16,18H2,1-2H3,(H,29,32)/b24-17-/t19-,25+/m1/s1. The Morgan fingerprint density at radius 3 is 2.43 bits per heavy atom. The minimum absolute atomic E-state index is 0.262. The molecule has 2 atom stereocenters. The first-order chi connectivity index (χ1) is 16.9. The zero-order chi connectivity index (χ0) is 25.2. The number of carbonyl (C=O) groups is 2.